The van der Waals surface area contributed by atoms with Crippen molar-refractivity contribution in [2.24, 2.45) is 0 Å². The lowest BCUT2D eigenvalue weighted by Crippen LogP contribution is -2.24. The summed E-state index contributed by atoms with van der Waals surface area (Å²) in [6, 6.07) is 15.3. The summed E-state index contributed by atoms with van der Waals surface area (Å²) in [5.41, 5.74) is 3.67. The molecule has 4 heteroatoms. The van der Waals surface area contributed by atoms with Crippen molar-refractivity contribution in [2.45, 2.75) is 33.1 Å². The van der Waals surface area contributed by atoms with Crippen molar-refractivity contribution in [3.63, 3.8) is 0 Å². The van der Waals surface area contributed by atoms with Crippen LogP contribution in [0, 0.1) is 13.8 Å². The number of rotatable bonds is 6. The summed E-state index contributed by atoms with van der Waals surface area (Å²) in [5, 5.41) is 2.79. The molecule has 0 aliphatic rings. The summed E-state index contributed by atoms with van der Waals surface area (Å²) < 4.78 is 5.20. The van der Waals surface area contributed by atoms with Crippen LogP contribution in [-0.2, 0) is 14.3 Å². The van der Waals surface area contributed by atoms with Gasteiger partial charge >= 0.3 is 5.97 Å². The lowest BCUT2D eigenvalue weighted by molar-refractivity contribution is -0.149. The number of benzene rings is 2. The fourth-order valence-electron chi connectivity index (χ4n) is 2.52. The maximum Gasteiger partial charge on any atom is 0.313 e. The number of esters is 1. The molecule has 0 bridgehead atoms. The molecule has 2 aromatic rings. The van der Waals surface area contributed by atoms with Crippen LogP contribution in [0.2, 0.25) is 0 Å². The molecule has 0 aliphatic heterocycles. The lowest BCUT2D eigenvalue weighted by Gasteiger charge is -2.15. The number of ether oxygens (including phenoxy) is 1. The number of hydrogen-bond acceptors (Lipinski definition) is 3. The Hall–Kier alpha value is -2.62. The smallest absolute Gasteiger partial charge is 0.313 e. The summed E-state index contributed by atoms with van der Waals surface area (Å²) in [5.74, 6) is -1.06. The fraction of sp³-hybridized carbons (Fsp3) is 0.300. The van der Waals surface area contributed by atoms with E-state index in [4.69, 9.17) is 4.74 Å². The molecule has 0 saturated carbocycles. The van der Waals surface area contributed by atoms with Crippen LogP contribution in [0.3, 0.4) is 0 Å². The van der Waals surface area contributed by atoms with Crippen molar-refractivity contribution in [3.8, 4) is 0 Å². The van der Waals surface area contributed by atoms with Crippen LogP contribution in [0.5, 0.6) is 0 Å². The summed E-state index contributed by atoms with van der Waals surface area (Å²) in [4.78, 5) is 24.3. The lowest BCUT2D eigenvalue weighted by atomic mass is 9.97. The molecular formula is C20H23NO3. The van der Waals surface area contributed by atoms with E-state index in [1.807, 2.05) is 69.3 Å². The van der Waals surface area contributed by atoms with Crippen molar-refractivity contribution >= 4 is 17.6 Å². The van der Waals surface area contributed by atoms with Gasteiger partial charge in [0.25, 0.3) is 5.91 Å². The molecule has 0 aromatic heterocycles. The molecule has 2 aromatic carbocycles. The van der Waals surface area contributed by atoms with Gasteiger partial charge in [-0.25, -0.2) is 0 Å². The molecule has 0 aliphatic carbocycles. The second kappa shape index (κ2) is 8.29. The highest BCUT2D eigenvalue weighted by molar-refractivity contribution is 5.94. The van der Waals surface area contributed by atoms with Crippen LogP contribution in [-0.4, -0.2) is 18.5 Å². The first-order chi connectivity index (χ1) is 11.5. The highest BCUT2D eigenvalue weighted by Gasteiger charge is 2.21. The topological polar surface area (TPSA) is 55.4 Å². The molecular weight excluding hydrogens is 302 g/mol. The molecule has 1 amide bonds. The fourth-order valence-corrected chi connectivity index (χ4v) is 2.52. The summed E-state index contributed by atoms with van der Waals surface area (Å²) in [6.07, 6.45) is 0.626. The van der Waals surface area contributed by atoms with Gasteiger partial charge in [0.2, 0.25) is 0 Å². The molecule has 4 nitrogen and oxygen atoms in total. The van der Waals surface area contributed by atoms with Crippen LogP contribution in [0.4, 0.5) is 5.69 Å². The van der Waals surface area contributed by atoms with E-state index in [-0.39, 0.29) is 24.4 Å². The van der Waals surface area contributed by atoms with E-state index >= 15 is 0 Å². The Morgan fingerprint density at radius 2 is 1.79 bits per heavy atom. The average Bonchev–Trinajstić information content (AvgIpc) is 2.58. The number of amides is 1. The van der Waals surface area contributed by atoms with E-state index in [1.165, 1.54) is 0 Å². The summed E-state index contributed by atoms with van der Waals surface area (Å²) in [7, 11) is 0. The van der Waals surface area contributed by atoms with Gasteiger partial charge < -0.3 is 10.1 Å². The third-order valence-electron chi connectivity index (χ3n) is 3.91. The van der Waals surface area contributed by atoms with Crippen molar-refractivity contribution < 1.29 is 14.3 Å². The molecule has 1 atom stereocenters. The van der Waals surface area contributed by atoms with Gasteiger partial charge in [-0.05, 0) is 43.0 Å². The Morgan fingerprint density at radius 1 is 1.08 bits per heavy atom. The number of anilines is 1. The zero-order chi connectivity index (χ0) is 17.5. The van der Waals surface area contributed by atoms with E-state index < -0.39 is 0 Å². The summed E-state index contributed by atoms with van der Waals surface area (Å²) in [6.45, 7) is 5.52. The quantitative estimate of drug-likeness (QED) is 0.817. The largest absolute Gasteiger partial charge is 0.455 e. The highest BCUT2D eigenvalue weighted by Crippen LogP contribution is 2.21. The normalized spacial score (nSPS) is 11.6. The molecule has 126 valence electrons. The van der Waals surface area contributed by atoms with E-state index in [9.17, 15) is 9.59 Å². The predicted molar refractivity (Wildman–Crippen MR) is 95.0 cm³/mol. The Balaban J connectivity index is 1.93. The molecule has 0 spiro atoms. The predicted octanol–water partition coefficient (Wildman–Crippen LogP) is 3.98. The van der Waals surface area contributed by atoms with Gasteiger partial charge in [-0.3, -0.25) is 9.59 Å². The van der Waals surface area contributed by atoms with Crippen molar-refractivity contribution in [1.82, 2.24) is 0 Å². The number of carbonyl (C=O) groups excluding carboxylic acids is 2. The van der Waals surface area contributed by atoms with Crippen LogP contribution in [0.15, 0.2) is 48.5 Å². The molecule has 0 saturated heterocycles. The van der Waals surface area contributed by atoms with Gasteiger partial charge in [-0.15, -0.1) is 0 Å². The van der Waals surface area contributed by atoms with E-state index in [0.29, 0.717) is 6.42 Å². The Morgan fingerprint density at radius 3 is 2.46 bits per heavy atom. The minimum atomic E-state index is -0.375. The van der Waals surface area contributed by atoms with Gasteiger partial charge in [-0.1, -0.05) is 49.4 Å². The van der Waals surface area contributed by atoms with Gasteiger partial charge in [0.1, 0.15) is 0 Å². The number of hydrogen-bond donors (Lipinski definition) is 1. The van der Waals surface area contributed by atoms with Gasteiger partial charge in [0, 0.05) is 5.69 Å². The summed E-state index contributed by atoms with van der Waals surface area (Å²) >= 11 is 0. The van der Waals surface area contributed by atoms with Crippen molar-refractivity contribution in [3.05, 3.63) is 65.2 Å². The first kappa shape index (κ1) is 17.7. The van der Waals surface area contributed by atoms with Crippen LogP contribution in [0.1, 0.15) is 36.0 Å². The number of aryl methyl sites for hydroxylation is 2. The zero-order valence-electron chi connectivity index (χ0n) is 14.3. The van der Waals surface area contributed by atoms with Crippen molar-refractivity contribution in [1.29, 1.82) is 0 Å². The van der Waals surface area contributed by atoms with Crippen molar-refractivity contribution in [2.75, 3.05) is 11.9 Å². The van der Waals surface area contributed by atoms with Crippen LogP contribution < -0.4 is 5.32 Å². The van der Waals surface area contributed by atoms with Crippen LogP contribution in [0.25, 0.3) is 0 Å². The Labute approximate surface area is 142 Å². The Kier molecular flexibility index (Phi) is 6.13. The van der Waals surface area contributed by atoms with Crippen LogP contribution >= 0.6 is 0 Å². The van der Waals surface area contributed by atoms with E-state index in [0.717, 1.165) is 22.4 Å². The van der Waals surface area contributed by atoms with E-state index in [1.54, 1.807) is 0 Å². The maximum absolute atomic E-state index is 12.3. The molecule has 2 rings (SSSR count). The first-order valence-electron chi connectivity index (χ1n) is 8.10. The molecule has 0 radical (unpaired) electrons. The SMILES string of the molecule is CC[C@H](C(=O)OCC(=O)Nc1cc(C)ccc1C)c1ccccc1. The average molecular weight is 325 g/mol. The number of nitrogens with one attached hydrogen (secondary N) is 1. The van der Waals surface area contributed by atoms with Gasteiger partial charge in [-0.2, -0.15) is 0 Å². The van der Waals surface area contributed by atoms with E-state index in [2.05, 4.69) is 5.32 Å². The molecule has 1 N–H and O–H groups in total. The molecule has 0 fully saturated rings. The van der Waals surface area contributed by atoms with Gasteiger partial charge in [0.05, 0.1) is 5.92 Å². The number of carbonyl (C=O) groups is 2. The molecule has 0 unspecified atom stereocenters. The third-order valence-corrected chi connectivity index (χ3v) is 3.91. The monoisotopic (exact) mass is 325 g/mol. The maximum atomic E-state index is 12.3. The minimum Gasteiger partial charge on any atom is -0.455 e. The highest BCUT2D eigenvalue weighted by atomic mass is 16.5. The standard InChI is InChI=1S/C20H23NO3/c1-4-17(16-8-6-5-7-9-16)20(23)24-13-19(22)21-18-12-14(2)10-11-15(18)3/h5-12,17H,4,13H2,1-3H3,(H,21,22)/t17-/m0/s1. The first-order valence-corrected chi connectivity index (χ1v) is 8.10. The second-order valence-electron chi connectivity index (χ2n) is 5.85. The second-order valence-corrected chi connectivity index (χ2v) is 5.85. The molecule has 0 heterocycles. The zero-order valence-corrected chi connectivity index (χ0v) is 14.3. The van der Waals surface area contributed by atoms with Gasteiger partial charge in [0.15, 0.2) is 6.61 Å². The molecule has 24 heavy (non-hydrogen) atoms. The third kappa shape index (κ3) is 4.69. The minimum absolute atomic E-state index is 0.282. The Bertz CT molecular complexity index is 710.